The van der Waals surface area contributed by atoms with Crippen LogP contribution in [0.3, 0.4) is 0 Å². The summed E-state index contributed by atoms with van der Waals surface area (Å²) in [4.78, 5) is 10.6. The van der Waals surface area contributed by atoms with Crippen molar-refractivity contribution in [3.63, 3.8) is 0 Å². The van der Waals surface area contributed by atoms with E-state index in [-0.39, 0.29) is 18.2 Å². The van der Waals surface area contributed by atoms with Crippen molar-refractivity contribution in [2.75, 3.05) is 7.05 Å². The number of likely N-dealkylation sites (N-methyl/N-ethyl adjacent to an activating group) is 1. The molecule has 1 atom stereocenters. The highest BCUT2D eigenvalue weighted by molar-refractivity contribution is 5.85. The lowest BCUT2D eigenvalue weighted by Crippen LogP contribution is -2.45. The summed E-state index contributed by atoms with van der Waals surface area (Å²) in [5.74, 6) is -0.955. The number of phenols is 1. The molecule has 84 valence electrons. The molecular weight excluding hydrogens is 218 g/mol. The van der Waals surface area contributed by atoms with E-state index in [2.05, 4.69) is 5.32 Å². The molecule has 0 fully saturated rings. The van der Waals surface area contributed by atoms with E-state index < -0.39 is 12.0 Å². The highest BCUT2D eigenvalue weighted by Crippen LogP contribution is 2.10. The van der Waals surface area contributed by atoms with Crippen LogP contribution in [-0.2, 0) is 11.2 Å². The molecule has 0 aromatic heterocycles. The first-order chi connectivity index (χ1) is 6.63. The minimum absolute atomic E-state index is 0. The molecule has 0 amide bonds. The molecule has 5 heteroatoms. The molecule has 0 aliphatic carbocycles. The molecule has 1 unspecified atom stereocenters. The largest absolute Gasteiger partial charge is 0.548 e. The quantitative estimate of drug-likeness (QED) is 0.745. The van der Waals surface area contributed by atoms with Crippen molar-refractivity contribution in [2.45, 2.75) is 12.5 Å². The SMILES string of the molecule is CNC(Cc1ccc(O)cc1)C(=O)[O-].Cl. The van der Waals surface area contributed by atoms with Crippen LogP contribution in [0.25, 0.3) is 0 Å². The summed E-state index contributed by atoms with van der Waals surface area (Å²) in [6.45, 7) is 0. The minimum Gasteiger partial charge on any atom is -0.548 e. The zero-order valence-electron chi connectivity index (χ0n) is 8.27. The number of aromatic hydroxyl groups is 1. The molecule has 1 rings (SSSR count). The fraction of sp³-hybridized carbons (Fsp3) is 0.300. The van der Waals surface area contributed by atoms with E-state index in [1.165, 1.54) is 12.1 Å². The van der Waals surface area contributed by atoms with Gasteiger partial charge in [-0.2, -0.15) is 0 Å². The van der Waals surface area contributed by atoms with Crippen molar-refractivity contribution < 1.29 is 15.0 Å². The lowest BCUT2D eigenvalue weighted by atomic mass is 10.1. The molecule has 0 aliphatic heterocycles. The number of nitrogens with one attached hydrogen (secondary N) is 1. The number of carbonyl (C=O) groups excluding carboxylic acids is 1. The van der Waals surface area contributed by atoms with Crippen LogP contribution in [0.4, 0.5) is 0 Å². The first kappa shape index (κ1) is 13.7. The molecule has 0 saturated carbocycles. The number of hydrogen-bond donors (Lipinski definition) is 2. The minimum atomic E-state index is -1.12. The van der Waals surface area contributed by atoms with Crippen molar-refractivity contribution in [2.24, 2.45) is 0 Å². The lowest BCUT2D eigenvalue weighted by molar-refractivity contribution is -0.308. The molecule has 0 bridgehead atoms. The van der Waals surface area contributed by atoms with Gasteiger partial charge in [-0.05, 0) is 31.2 Å². The van der Waals surface area contributed by atoms with E-state index in [1.807, 2.05) is 0 Å². The highest BCUT2D eigenvalue weighted by atomic mass is 35.5. The number of carbonyl (C=O) groups is 1. The van der Waals surface area contributed by atoms with Gasteiger partial charge in [0.05, 0.1) is 12.0 Å². The zero-order chi connectivity index (χ0) is 10.6. The Labute approximate surface area is 94.3 Å². The van der Waals surface area contributed by atoms with E-state index in [0.29, 0.717) is 6.42 Å². The molecule has 1 aromatic rings. The van der Waals surface area contributed by atoms with Gasteiger partial charge in [0.1, 0.15) is 5.75 Å². The number of carboxylic acid groups (broad SMARTS) is 1. The monoisotopic (exact) mass is 230 g/mol. The Balaban J connectivity index is 0.00000196. The molecule has 0 saturated heterocycles. The average molecular weight is 231 g/mol. The van der Waals surface area contributed by atoms with E-state index in [9.17, 15) is 9.90 Å². The lowest BCUT2D eigenvalue weighted by Gasteiger charge is -2.16. The first-order valence-electron chi connectivity index (χ1n) is 4.29. The third kappa shape index (κ3) is 4.18. The van der Waals surface area contributed by atoms with Crippen molar-refractivity contribution in [1.82, 2.24) is 5.32 Å². The predicted molar refractivity (Wildman–Crippen MR) is 56.9 cm³/mol. The summed E-state index contributed by atoms with van der Waals surface area (Å²) in [6, 6.07) is 5.72. The van der Waals surface area contributed by atoms with Gasteiger partial charge in [-0.15, -0.1) is 12.4 Å². The Hall–Kier alpha value is -1.26. The van der Waals surface area contributed by atoms with Gasteiger partial charge in [-0.3, -0.25) is 0 Å². The highest BCUT2D eigenvalue weighted by Gasteiger charge is 2.07. The van der Waals surface area contributed by atoms with Crippen LogP contribution in [0.15, 0.2) is 24.3 Å². The number of hydrogen-bond acceptors (Lipinski definition) is 4. The van der Waals surface area contributed by atoms with E-state index in [1.54, 1.807) is 19.2 Å². The summed E-state index contributed by atoms with van der Waals surface area (Å²) < 4.78 is 0. The van der Waals surface area contributed by atoms with Crippen LogP contribution in [-0.4, -0.2) is 24.2 Å². The Bertz CT molecular complexity index is 313. The van der Waals surface area contributed by atoms with Crippen molar-refractivity contribution in [3.8, 4) is 5.75 Å². The van der Waals surface area contributed by atoms with E-state index in [0.717, 1.165) is 5.56 Å². The fourth-order valence-electron chi connectivity index (χ4n) is 1.17. The maximum Gasteiger partial charge on any atom is 0.115 e. The normalized spacial score (nSPS) is 11.5. The molecule has 0 heterocycles. The van der Waals surface area contributed by atoms with Gasteiger partial charge >= 0.3 is 0 Å². The predicted octanol–water partition coefficient (Wildman–Crippen LogP) is -0.306. The third-order valence-electron chi connectivity index (χ3n) is 2.01. The second-order valence-electron chi connectivity index (χ2n) is 3.03. The van der Waals surface area contributed by atoms with Crippen molar-refractivity contribution >= 4 is 18.4 Å². The van der Waals surface area contributed by atoms with Crippen molar-refractivity contribution in [1.29, 1.82) is 0 Å². The van der Waals surface area contributed by atoms with Crippen LogP contribution >= 0.6 is 12.4 Å². The van der Waals surface area contributed by atoms with Gasteiger partial charge in [0.15, 0.2) is 0 Å². The third-order valence-corrected chi connectivity index (χ3v) is 2.01. The Morgan fingerprint density at radius 2 is 2.00 bits per heavy atom. The zero-order valence-corrected chi connectivity index (χ0v) is 9.08. The smallest absolute Gasteiger partial charge is 0.115 e. The number of benzene rings is 1. The fourth-order valence-corrected chi connectivity index (χ4v) is 1.17. The maximum absolute atomic E-state index is 10.6. The topological polar surface area (TPSA) is 72.4 Å². The standard InChI is InChI=1S/C10H13NO3.ClH/c1-11-9(10(13)14)6-7-2-4-8(12)5-3-7;/h2-5,9,11-12H,6H2,1H3,(H,13,14);1H/p-1. The van der Waals surface area contributed by atoms with Crippen LogP contribution in [0.1, 0.15) is 5.56 Å². The van der Waals surface area contributed by atoms with Gasteiger partial charge < -0.3 is 20.3 Å². The molecule has 0 spiro atoms. The van der Waals surface area contributed by atoms with Gasteiger partial charge in [0.25, 0.3) is 0 Å². The van der Waals surface area contributed by atoms with Crippen LogP contribution in [0.5, 0.6) is 5.75 Å². The molecule has 1 aromatic carbocycles. The Kier molecular flexibility index (Phi) is 5.74. The molecule has 15 heavy (non-hydrogen) atoms. The average Bonchev–Trinajstić information content (AvgIpc) is 2.16. The number of halogens is 1. The summed E-state index contributed by atoms with van der Waals surface area (Å²) in [7, 11) is 1.57. The molecule has 4 nitrogen and oxygen atoms in total. The van der Waals surface area contributed by atoms with Gasteiger partial charge in [-0.25, -0.2) is 0 Å². The number of rotatable bonds is 4. The van der Waals surface area contributed by atoms with Crippen LogP contribution in [0.2, 0.25) is 0 Å². The summed E-state index contributed by atoms with van der Waals surface area (Å²) in [6.07, 6.45) is 0.346. The molecular formula is C10H13ClNO3-. The second kappa shape index (κ2) is 6.27. The molecule has 0 radical (unpaired) electrons. The Morgan fingerprint density at radius 1 is 1.47 bits per heavy atom. The van der Waals surface area contributed by atoms with Gasteiger partial charge in [-0.1, -0.05) is 12.1 Å². The van der Waals surface area contributed by atoms with E-state index >= 15 is 0 Å². The van der Waals surface area contributed by atoms with Gasteiger partial charge in [0.2, 0.25) is 0 Å². The number of carboxylic acids is 1. The van der Waals surface area contributed by atoms with Crippen molar-refractivity contribution in [3.05, 3.63) is 29.8 Å². The van der Waals surface area contributed by atoms with E-state index in [4.69, 9.17) is 5.11 Å². The van der Waals surface area contributed by atoms with Crippen LogP contribution < -0.4 is 10.4 Å². The number of aliphatic carboxylic acids is 1. The summed E-state index contributed by atoms with van der Waals surface area (Å²) >= 11 is 0. The van der Waals surface area contributed by atoms with Crippen LogP contribution in [0, 0.1) is 0 Å². The molecule has 2 N–H and O–H groups in total. The first-order valence-corrected chi connectivity index (χ1v) is 4.29. The Morgan fingerprint density at radius 3 is 2.40 bits per heavy atom. The number of phenolic OH excluding ortho intramolecular Hbond substituents is 1. The summed E-state index contributed by atoms with van der Waals surface area (Å²) in [5, 5.41) is 22.2. The maximum atomic E-state index is 10.6. The van der Waals surface area contributed by atoms with Gasteiger partial charge in [0, 0.05) is 0 Å². The molecule has 0 aliphatic rings. The summed E-state index contributed by atoms with van der Waals surface area (Å²) in [5.41, 5.74) is 0.839. The second-order valence-corrected chi connectivity index (χ2v) is 3.03.